The van der Waals surface area contributed by atoms with Crippen molar-refractivity contribution >= 4 is 5.69 Å². The van der Waals surface area contributed by atoms with Crippen LogP contribution in [-0.4, -0.2) is 17.3 Å². The molecule has 0 aliphatic heterocycles. The van der Waals surface area contributed by atoms with Crippen LogP contribution in [-0.2, 0) is 6.42 Å². The van der Waals surface area contributed by atoms with Gasteiger partial charge in [0.2, 0.25) is 0 Å². The second-order valence-corrected chi connectivity index (χ2v) is 6.49. The molecule has 2 aliphatic rings. The van der Waals surface area contributed by atoms with E-state index in [1.54, 1.807) is 0 Å². The van der Waals surface area contributed by atoms with Gasteiger partial charge >= 0.3 is 0 Å². The zero-order valence-electron chi connectivity index (χ0n) is 12.2. The number of hydrogen-bond acceptors (Lipinski definition) is 2. The molecule has 0 unspecified atom stereocenters. The van der Waals surface area contributed by atoms with E-state index in [1.807, 2.05) is 0 Å². The van der Waals surface area contributed by atoms with Crippen LogP contribution in [0.15, 0.2) is 42.5 Å². The van der Waals surface area contributed by atoms with Crippen LogP contribution in [0.3, 0.4) is 0 Å². The average Bonchev–Trinajstić information content (AvgIpc) is 3.09. The van der Waals surface area contributed by atoms with E-state index in [0.29, 0.717) is 6.54 Å². The Labute approximate surface area is 125 Å². The number of anilines is 1. The van der Waals surface area contributed by atoms with Gasteiger partial charge in [-0.1, -0.05) is 43.2 Å². The summed E-state index contributed by atoms with van der Waals surface area (Å²) in [5.74, 6) is 0. The van der Waals surface area contributed by atoms with Gasteiger partial charge in [-0.15, -0.1) is 0 Å². The van der Waals surface area contributed by atoms with Crippen molar-refractivity contribution in [2.75, 3.05) is 11.9 Å². The number of rotatable bonds is 3. The molecule has 1 saturated carbocycles. The van der Waals surface area contributed by atoms with Crippen molar-refractivity contribution in [2.45, 2.75) is 37.7 Å². The molecule has 0 atom stereocenters. The van der Waals surface area contributed by atoms with Gasteiger partial charge in [-0.25, -0.2) is 0 Å². The molecule has 2 nitrogen and oxygen atoms in total. The Kier molecular flexibility index (Phi) is 3.00. The summed E-state index contributed by atoms with van der Waals surface area (Å²) >= 11 is 0. The second kappa shape index (κ2) is 4.88. The minimum atomic E-state index is -0.498. The fourth-order valence-electron chi connectivity index (χ4n) is 3.73. The molecule has 0 saturated heterocycles. The molecule has 21 heavy (non-hydrogen) atoms. The molecule has 2 aliphatic carbocycles. The maximum Gasteiger partial charge on any atom is 0.0819 e. The lowest BCUT2D eigenvalue weighted by Crippen LogP contribution is -2.33. The maximum atomic E-state index is 10.4. The molecular formula is C19H21NO. The number of aliphatic hydroxyl groups is 1. The summed E-state index contributed by atoms with van der Waals surface area (Å²) in [6.07, 6.45) is 5.17. The smallest absolute Gasteiger partial charge is 0.0819 e. The molecule has 4 rings (SSSR count). The number of benzene rings is 2. The molecule has 0 bridgehead atoms. The maximum absolute atomic E-state index is 10.4. The van der Waals surface area contributed by atoms with Crippen molar-refractivity contribution in [3.63, 3.8) is 0 Å². The first kappa shape index (κ1) is 12.9. The molecule has 1 fully saturated rings. The number of fused-ring (bicyclic) bond motifs is 3. The largest absolute Gasteiger partial charge is 0.388 e. The van der Waals surface area contributed by atoms with Gasteiger partial charge in [0.15, 0.2) is 0 Å². The molecule has 0 heterocycles. The molecule has 2 heteroatoms. The summed E-state index contributed by atoms with van der Waals surface area (Å²) in [7, 11) is 0. The van der Waals surface area contributed by atoms with Crippen molar-refractivity contribution in [2.24, 2.45) is 0 Å². The van der Waals surface area contributed by atoms with E-state index in [0.717, 1.165) is 37.8 Å². The van der Waals surface area contributed by atoms with Crippen molar-refractivity contribution in [1.82, 2.24) is 0 Å². The normalized spacial score (nSPS) is 18.3. The van der Waals surface area contributed by atoms with Gasteiger partial charge in [-0.2, -0.15) is 0 Å². The fraction of sp³-hybridized carbons (Fsp3) is 0.368. The molecule has 2 aromatic carbocycles. The third-order valence-electron chi connectivity index (χ3n) is 4.95. The number of nitrogens with one attached hydrogen (secondary N) is 1. The van der Waals surface area contributed by atoms with Crippen LogP contribution in [0, 0.1) is 0 Å². The van der Waals surface area contributed by atoms with Crippen molar-refractivity contribution in [3.05, 3.63) is 53.6 Å². The van der Waals surface area contributed by atoms with Gasteiger partial charge in [-0.05, 0) is 53.6 Å². The summed E-state index contributed by atoms with van der Waals surface area (Å²) < 4.78 is 0. The van der Waals surface area contributed by atoms with Gasteiger partial charge < -0.3 is 10.4 Å². The van der Waals surface area contributed by atoms with Crippen molar-refractivity contribution in [1.29, 1.82) is 0 Å². The number of hydrogen-bond donors (Lipinski definition) is 2. The Morgan fingerprint density at radius 3 is 2.57 bits per heavy atom. The van der Waals surface area contributed by atoms with Gasteiger partial charge in [-0.3, -0.25) is 0 Å². The molecule has 0 radical (unpaired) electrons. The SMILES string of the molecule is OC1(CNc2ccc3c(c2)Cc2ccccc2-3)CCCC1. The Morgan fingerprint density at radius 1 is 0.952 bits per heavy atom. The van der Waals surface area contributed by atoms with E-state index in [1.165, 1.54) is 22.3 Å². The Bertz CT molecular complexity index is 671. The third kappa shape index (κ3) is 2.34. The lowest BCUT2D eigenvalue weighted by Gasteiger charge is -2.23. The highest BCUT2D eigenvalue weighted by Crippen LogP contribution is 2.38. The van der Waals surface area contributed by atoms with Crippen LogP contribution in [0.5, 0.6) is 0 Å². The lowest BCUT2D eigenvalue weighted by atomic mass is 10.0. The highest BCUT2D eigenvalue weighted by molar-refractivity contribution is 5.78. The van der Waals surface area contributed by atoms with E-state index in [9.17, 15) is 5.11 Å². The second-order valence-electron chi connectivity index (χ2n) is 6.49. The standard InChI is InChI=1S/C19H21NO/c21-19(9-3-4-10-19)13-20-16-7-8-18-15(12-16)11-14-5-1-2-6-17(14)18/h1-2,5-8,12,20-21H,3-4,9-11,13H2. The Balaban J connectivity index is 1.53. The summed E-state index contributed by atoms with van der Waals surface area (Å²) in [6.45, 7) is 0.665. The highest BCUT2D eigenvalue weighted by atomic mass is 16.3. The van der Waals surface area contributed by atoms with E-state index in [2.05, 4.69) is 47.8 Å². The van der Waals surface area contributed by atoms with Crippen LogP contribution >= 0.6 is 0 Å². The molecule has 0 aromatic heterocycles. The first-order valence-electron chi connectivity index (χ1n) is 7.91. The molecule has 0 spiro atoms. The first-order chi connectivity index (χ1) is 10.2. The van der Waals surface area contributed by atoms with Gasteiger partial charge in [0.25, 0.3) is 0 Å². The minimum Gasteiger partial charge on any atom is -0.388 e. The molecular weight excluding hydrogens is 258 g/mol. The van der Waals surface area contributed by atoms with E-state index < -0.39 is 5.60 Å². The highest BCUT2D eigenvalue weighted by Gasteiger charge is 2.30. The Hall–Kier alpha value is -1.80. The zero-order chi connectivity index (χ0) is 14.3. The zero-order valence-corrected chi connectivity index (χ0v) is 12.2. The van der Waals surface area contributed by atoms with Crippen LogP contribution in [0.1, 0.15) is 36.8 Å². The molecule has 108 valence electrons. The van der Waals surface area contributed by atoms with E-state index in [4.69, 9.17) is 0 Å². The summed E-state index contributed by atoms with van der Waals surface area (Å²) in [4.78, 5) is 0. The molecule has 2 aromatic rings. The van der Waals surface area contributed by atoms with Crippen LogP contribution in [0.25, 0.3) is 11.1 Å². The van der Waals surface area contributed by atoms with Gasteiger partial charge in [0.05, 0.1) is 5.60 Å². The fourth-order valence-corrected chi connectivity index (χ4v) is 3.73. The summed E-state index contributed by atoms with van der Waals surface area (Å²) in [6, 6.07) is 15.2. The summed E-state index contributed by atoms with van der Waals surface area (Å²) in [5, 5.41) is 13.9. The molecule has 0 amide bonds. The van der Waals surface area contributed by atoms with Gasteiger partial charge in [0.1, 0.15) is 0 Å². The predicted octanol–water partition coefficient (Wildman–Crippen LogP) is 3.97. The van der Waals surface area contributed by atoms with Crippen LogP contribution < -0.4 is 5.32 Å². The van der Waals surface area contributed by atoms with Gasteiger partial charge in [0, 0.05) is 12.2 Å². The quantitative estimate of drug-likeness (QED) is 0.760. The average molecular weight is 279 g/mol. The van der Waals surface area contributed by atoms with Crippen LogP contribution in [0.2, 0.25) is 0 Å². The predicted molar refractivity (Wildman–Crippen MR) is 86.6 cm³/mol. The monoisotopic (exact) mass is 279 g/mol. The summed E-state index contributed by atoms with van der Waals surface area (Å²) in [5.41, 5.74) is 6.16. The van der Waals surface area contributed by atoms with Crippen LogP contribution in [0.4, 0.5) is 5.69 Å². The van der Waals surface area contributed by atoms with Crippen molar-refractivity contribution < 1.29 is 5.11 Å². The molecule has 2 N–H and O–H groups in total. The first-order valence-corrected chi connectivity index (χ1v) is 7.91. The van der Waals surface area contributed by atoms with E-state index >= 15 is 0 Å². The lowest BCUT2D eigenvalue weighted by molar-refractivity contribution is 0.0615. The third-order valence-corrected chi connectivity index (χ3v) is 4.95. The Morgan fingerprint density at radius 2 is 1.71 bits per heavy atom. The van der Waals surface area contributed by atoms with Crippen molar-refractivity contribution in [3.8, 4) is 11.1 Å². The van der Waals surface area contributed by atoms with E-state index in [-0.39, 0.29) is 0 Å². The minimum absolute atomic E-state index is 0.498. The topological polar surface area (TPSA) is 32.3 Å².